The maximum atomic E-state index is 13.4. The van der Waals surface area contributed by atoms with Crippen molar-refractivity contribution in [2.75, 3.05) is 34.3 Å². The molecule has 0 atom stereocenters. The minimum absolute atomic E-state index is 0.0116. The summed E-state index contributed by atoms with van der Waals surface area (Å²) < 4.78 is 5.34. The molecule has 1 aromatic carbocycles. The lowest BCUT2D eigenvalue weighted by Crippen LogP contribution is -2.35. The second-order valence-corrected chi connectivity index (χ2v) is 8.60. The molecule has 7 nitrogen and oxygen atoms in total. The number of hydrogen-bond acceptors (Lipinski definition) is 6. The summed E-state index contributed by atoms with van der Waals surface area (Å²) >= 11 is 1.43. The number of aromatic nitrogens is 3. The van der Waals surface area contributed by atoms with Crippen molar-refractivity contribution in [2.24, 2.45) is 0 Å². The minimum atomic E-state index is 0.0116. The summed E-state index contributed by atoms with van der Waals surface area (Å²) in [4.78, 5) is 23.7. The Morgan fingerprint density at radius 1 is 1.16 bits per heavy atom. The van der Waals surface area contributed by atoms with Crippen LogP contribution in [0.5, 0.6) is 5.75 Å². The Morgan fingerprint density at radius 3 is 2.77 bits per heavy atom. The number of carbonyl (C=O) groups is 1. The topological polar surface area (TPSA) is 74.3 Å². The van der Waals surface area contributed by atoms with Gasteiger partial charge in [-0.15, -0.1) is 11.3 Å². The van der Waals surface area contributed by atoms with E-state index >= 15 is 0 Å². The summed E-state index contributed by atoms with van der Waals surface area (Å²) in [7, 11) is 5.67. The Balaban J connectivity index is 1.61. The van der Waals surface area contributed by atoms with Crippen molar-refractivity contribution in [3.8, 4) is 17.0 Å². The highest BCUT2D eigenvalue weighted by molar-refractivity contribution is 7.20. The number of amides is 1. The number of ether oxygens (including phenoxy) is 1. The zero-order chi connectivity index (χ0) is 21.8. The monoisotopic (exact) mass is 435 g/mol. The van der Waals surface area contributed by atoms with Gasteiger partial charge in [0.25, 0.3) is 5.91 Å². The van der Waals surface area contributed by atoms with Gasteiger partial charge >= 0.3 is 0 Å². The molecule has 4 rings (SSSR count). The fourth-order valence-electron chi connectivity index (χ4n) is 3.29. The normalized spacial score (nSPS) is 11.2. The molecule has 0 fully saturated rings. The molecular weight excluding hydrogens is 410 g/mol. The first-order chi connectivity index (χ1) is 15.0. The van der Waals surface area contributed by atoms with Crippen LogP contribution < -0.4 is 4.74 Å². The van der Waals surface area contributed by atoms with Crippen LogP contribution in [-0.4, -0.2) is 65.2 Å². The van der Waals surface area contributed by atoms with Gasteiger partial charge < -0.3 is 14.5 Å². The van der Waals surface area contributed by atoms with Gasteiger partial charge in [0, 0.05) is 36.8 Å². The van der Waals surface area contributed by atoms with Gasteiger partial charge in [0.1, 0.15) is 10.6 Å². The molecule has 160 valence electrons. The number of carbonyl (C=O) groups excluding carboxylic acids is 1. The van der Waals surface area contributed by atoms with Crippen LogP contribution in [0.1, 0.15) is 15.2 Å². The number of methoxy groups -OCH3 is 1. The van der Waals surface area contributed by atoms with Gasteiger partial charge in [0.2, 0.25) is 0 Å². The highest BCUT2D eigenvalue weighted by Crippen LogP contribution is 2.28. The van der Waals surface area contributed by atoms with E-state index in [2.05, 4.69) is 15.1 Å². The van der Waals surface area contributed by atoms with E-state index in [4.69, 9.17) is 9.72 Å². The van der Waals surface area contributed by atoms with Gasteiger partial charge in [-0.1, -0.05) is 12.1 Å². The van der Waals surface area contributed by atoms with Crippen molar-refractivity contribution in [1.29, 1.82) is 0 Å². The van der Waals surface area contributed by atoms with E-state index < -0.39 is 0 Å². The molecule has 1 N–H and O–H groups in total. The summed E-state index contributed by atoms with van der Waals surface area (Å²) in [5.41, 5.74) is 2.80. The summed E-state index contributed by atoms with van der Waals surface area (Å²) in [5, 5.41) is 7.76. The molecule has 1 amide bonds. The molecule has 0 unspecified atom stereocenters. The third-order valence-corrected chi connectivity index (χ3v) is 6.03. The number of pyridine rings is 1. The molecule has 4 aromatic rings. The summed E-state index contributed by atoms with van der Waals surface area (Å²) in [6.07, 6.45) is 3.55. The lowest BCUT2D eigenvalue weighted by molar-refractivity contribution is 0.0737. The predicted molar refractivity (Wildman–Crippen MR) is 123 cm³/mol. The summed E-state index contributed by atoms with van der Waals surface area (Å²) in [5.74, 6) is 0.799. The fourth-order valence-corrected chi connectivity index (χ4v) is 4.29. The number of H-pyrrole nitrogens is 1. The quantitative estimate of drug-likeness (QED) is 0.454. The van der Waals surface area contributed by atoms with Crippen molar-refractivity contribution in [2.45, 2.75) is 6.54 Å². The summed E-state index contributed by atoms with van der Waals surface area (Å²) in [6, 6.07) is 13.7. The third-order valence-electron chi connectivity index (χ3n) is 5.00. The number of nitrogens with one attached hydrogen (secondary N) is 1. The lowest BCUT2D eigenvalue weighted by Gasteiger charge is -2.24. The molecule has 0 aliphatic rings. The largest absolute Gasteiger partial charge is 0.497 e. The number of hydrogen-bond donors (Lipinski definition) is 1. The van der Waals surface area contributed by atoms with Crippen LogP contribution in [0.4, 0.5) is 0 Å². The average Bonchev–Trinajstić information content (AvgIpc) is 3.45. The zero-order valence-corrected chi connectivity index (χ0v) is 18.6. The van der Waals surface area contributed by atoms with Gasteiger partial charge in [-0.25, -0.2) is 4.98 Å². The van der Waals surface area contributed by atoms with Gasteiger partial charge in [-0.05, 0) is 50.0 Å². The van der Waals surface area contributed by atoms with Crippen LogP contribution >= 0.6 is 11.3 Å². The smallest absolute Gasteiger partial charge is 0.264 e. The van der Waals surface area contributed by atoms with Crippen molar-refractivity contribution < 1.29 is 9.53 Å². The number of aromatic amines is 1. The van der Waals surface area contributed by atoms with Gasteiger partial charge in [-0.3, -0.25) is 9.89 Å². The molecule has 0 spiro atoms. The van der Waals surface area contributed by atoms with Crippen molar-refractivity contribution in [3.05, 3.63) is 65.3 Å². The molecule has 0 saturated carbocycles. The maximum Gasteiger partial charge on any atom is 0.264 e. The average molecular weight is 436 g/mol. The molecule has 8 heteroatoms. The highest BCUT2D eigenvalue weighted by Gasteiger charge is 2.20. The first-order valence-corrected chi connectivity index (χ1v) is 10.8. The zero-order valence-electron chi connectivity index (χ0n) is 17.8. The first kappa shape index (κ1) is 21.0. The molecule has 0 saturated heterocycles. The number of benzene rings is 1. The molecule has 3 heterocycles. The Bertz CT molecular complexity index is 1170. The van der Waals surface area contributed by atoms with Crippen molar-refractivity contribution >= 4 is 27.5 Å². The second kappa shape index (κ2) is 9.28. The first-order valence-electron chi connectivity index (χ1n) is 10.00. The maximum absolute atomic E-state index is 13.4. The van der Waals surface area contributed by atoms with Crippen LogP contribution in [-0.2, 0) is 6.54 Å². The number of rotatable bonds is 8. The van der Waals surface area contributed by atoms with E-state index in [-0.39, 0.29) is 5.91 Å². The minimum Gasteiger partial charge on any atom is -0.497 e. The number of nitrogens with zero attached hydrogens (tertiary/aromatic N) is 4. The molecule has 0 bridgehead atoms. The van der Waals surface area contributed by atoms with E-state index in [1.807, 2.05) is 67.7 Å². The number of likely N-dealkylation sites (N-methyl/N-ethyl adjacent to an activating group) is 1. The Labute approximate surface area is 185 Å². The number of thiophene rings is 1. The molecular formula is C23H25N5O2S. The highest BCUT2D eigenvalue weighted by atomic mass is 32.1. The molecule has 0 aliphatic carbocycles. The van der Waals surface area contributed by atoms with Crippen molar-refractivity contribution in [1.82, 2.24) is 25.0 Å². The third kappa shape index (κ3) is 4.92. The molecule has 3 aromatic heterocycles. The number of fused-ring (bicyclic) bond motifs is 1. The van der Waals surface area contributed by atoms with E-state index in [1.54, 1.807) is 13.3 Å². The Morgan fingerprint density at radius 2 is 2.03 bits per heavy atom. The summed E-state index contributed by atoms with van der Waals surface area (Å²) in [6.45, 7) is 1.93. The van der Waals surface area contributed by atoms with E-state index in [0.29, 0.717) is 18.0 Å². The standard InChI is InChI=1S/C23H25N5O2S/c1-27(2)9-10-28(15-16-5-4-6-19(11-16)30-3)23(29)21-12-17-7-8-20(26-22(17)31-21)18-13-24-25-14-18/h4-8,11-14H,9-10,15H2,1-3H3,(H,24,25). The SMILES string of the molecule is COc1cccc(CN(CCN(C)C)C(=O)c2cc3ccc(-c4cn[nH]c4)nc3s2)c1. The van der Waals surface area contributed by atoms with Gasteiger partial charge in [0.15, 0.2) is 0 Å². The Kier molecular flexibility index (Phi) is 6.29. The van der Waals surface area contributed by atoms with E-state index in [0.717, 1.165) is 39.3 Å². The predicted octanol–water partition coefficient (Wildman–Crippen LogP) is 3.90. The molecule has 0 radical (unpaired) electrons. The van der Waals surface area contributed by atoms with Gasteiger partial charge in [-0.2, -0.15) is 5.10 Å². The van der Waals surface area contributed by atoms with Crippen molar-refractivity contribution in [3.63, 3.8) is 0 Å². The second-order valence-electron chi connectivity index (χ2n) is 7.57. The molecule has 31 heavy (non-hydrogen) atoms. The van der Waals surface area contributed by atoms with Crippen LogP contribution in [0.3, 0.4) is 0 Å². The van der Waals surface area contributed by atoms with E-state index in [1.165, 1.54) is 11.3 Å². The van der Waals surface area contributed by atoms with Crippen LogP contribution in [0.2, 0.25) is 0 Å². The van der Waals surface area contributed by atoms with Crippen LogP contribution in [0.15, 0.2) is 54.9 Å². The Hall–Kier alpha value is -3.23. The van der Waals surface area contributed by atoms with Crippen LogP contribution in [0.25, 0.3) is 21.5 Å². The fraction of sp³-hybridized carbons (Fsp3) is 0.261. The van der Waals surface area contributed by atoms with Crippen LogP contribution in [0, 0.1) is 0 Å². The van der Waals surface area contributed by atoms with E-state index in [9.17, 15) is 4.79 Å². The molecule has 0 aliphatic heterocycles. The van der Waals surface area contributed by atoms with Gasteiger partial charge in [0.05, 0.1) is 23.9 Å². The lowest BCUT2D eigenvalue weighted by atomic mass is 10.2.